The van der Waals surface area contributed by atoms with E-state index in [0.29, 0.717) is 17.5 Å². The summed E-state index contributed by atoms with van der Waals surface area (Å²) in [6, 6.07) is 6.13. The van der Waals surface area contributed by atoms with Crippen molar-refractivity contribution < 1.29 is 4.79 Å². The van der Waals surface area contributed by atoms with Gasteiger partial charge in [-0.1, -0.05) is 6.07 Å². The summed E-state index contributed by atoms with van der Waals surface area (Å²) in [4.78, 5) is 19.3. The first kappa shape index (κ1) is 17.5. The van der Waals surface area contributed by atoms with Gasteiger partial charge in [-0.2, -0.15) is 0 Å². The van der Waals surface area contributed by atoms with Crippen LogP contribution in [-0.4, -0.2) is 41.5 Å². The fourth-order valence-corrected chi connectivity index (χ4v) is 4.15. The van der Waals surface area contributed by atoms with E-state index in [4.69, 9.17) is 0 Å². The largest absolute Gasteiger partial charge is 0.348 e. The summed E-state index contributed by atoms with van der Waals surface area (Å²) in [6.07, 6.45) is 2.43. The third kappa shape index (κ3) is 3.08. The molecule has 120 valence electrons. The Hall–Kier alpha value is -0.880. The smallest absolute Gasteiger partial charge is 0.253 e. The number of thiazole rings is 1. The zero-order valence-corrected chi connectivity index (χ0v) is 14.5. The van der Waals surface area contributed by atoms with Gasteiger partial charge < -0.3 is 10.2 Å². The van der Waals surface area contributed by atoms with E-state index in [9.17, 15) is 4.79 Å². The van der Waals surface area contributed by atoms with Crippen LogP contribution in [0.1, 0.15) is 23.2 Å². The highest BCUT2D eigenvalue weighted by atomic mass is 35.5. The first-order valence-electron chi connectivity index (χ1n) is 7.17. The SMILES string of the molecule is Cl.Cl.O=C(N[C@H]1CN2CCC1CC2)c1cccc2scnc12. The van der Waals surface area contributed by atoms with Gasteiger partial charge in [0.15, 0.2) is 0 Å². The fourth-order valence-electron chi connectivity index (χ4n) is 3.44. The second-order valence-corrected chi connectivity index (χ2v) is 6.61. The number of nitrogens with one attached hydrogen (secondary N) is 1. The first-order chi connectivity index (χ1) is 9.81. The van der Waals surface area contributed by atoms with E-state index < -0.39 is 0 Å². The van der Waals surface area contributed by atoms with Crippen LogP contribution in [0.4, 0.5) is 0 Å². The minimum Gasteiger partial charge on any atom is -0.348 e. The molecule has 1 aromatic carbocycles. The number of aromatic nitrogens is 1. The summed E-state index contributed by atoms with van der Waals surface area (Å²) in [7, 11) is 0. The van der Waals surface area contributed by atoms with E-state index in [1.807, 2.05) is 18.2 Å². The second-order valence-electron chi connectivity index (χ2n) is 5.72. The molecule has 1 aromatic heterocycles. The molecule has 3 aliphatic heterocycles. The number of hydrogen-bond donors (Lipinski definition) is 1. The zero-order chi connectivity index (χ0) is 13.5. The Morgan fingerprint density at radius 1 is 1.27 bits per heavy atom. The quantitative estimate of drug-likeness (QED) is 0.896. The monoisotopic (exact) mass is 359 g/mol. The molecule has 4 heterocycles. The molecule has 3 fully saturated rings. The number of fused-ring (bicyclic) bond motifs is 4. The highest BCUT2D eigenvalue weighted by molar-refractivity contribution is 7.16. The molecule has 4 nitrogen and oxygen atoms in total. The predicted molar refractivity (Wildman–Crippen MR) is 94.5 cm³/mol. The van der Waals surface area contributed by atoms with Crippen molar-refractivity contribution in [3.63, 3.8) is 0 Å². The zero-order valence-electron chi connectivity index (χ0n) is 12.0. The van der Waals surface area contributed by atoms with Crippen molar-refractivity contribution in [2.75, 3.05) is 19.6 Å². The Morgan fingerprint density at radius 3 is 2.73 bits per heavy atom. The molecule has 22 heavy (non-hydrogen) atoms. The van der Waals surface area contributed by atoms with E-state index in [1.165, 1.54) is 25.9 Å². The predicted octanol–water partition coefficient (Wildman–Crippen LogP) is 2.96. The molecule has 2 aromatic rings. The van der Waals surface area contributed by atoms with Crippen LogP contribution < -0.4 is 5.32 Å². The van der Waals surface area contributed by atoms with E-state index >= 15 is 0 Å². The normalized spacial score (nSPS) is 26.1. The minimum absolute atomic E-state index is 0. The first-order valence-corrected chi connectivity index (χ1v) is 8.04. The highest BCUT2D eigenvalue weighted by Crippen LogP contribution is 2.28. The van der Waals surface area contributed by atoms with Crippen LogP contribution in [0, 0.1) is 5.92 Å². The summed E-state index contributed by atoms with van der Waals surface area (Å²) >= 11 is 1.58. The van der Waals surface area contributed by atoms with Gasteiger partial charge in [0.1, 0.15) is 0 Å². The molecule has 0 radical (unpaired) electrons. The van der Waals surface area contributed by atoms with Gasteiger partial charge in [-0.25, -0.2) is 4.98 Å². The lowest BCUT2D eigenvalue weighted by molar-refractivity contribution is 0.0621. The number of amides is 1. The molecule has 1 amide bonds. The third-order valence-electron chi connectivity index (χ3n) is 4.58. The summed E-state index contributed by atoms with van der Waals surface area (Å²) in [6.45, 7) is 3.39. The molecule has 0 unspecified atom stereocenters. The van der Waals surface area contributed by atoms with Gasteiger partial charge >= 0.3 is 0 Å². The number of carbonyl (C=O) groups excluding carboxylic acids is 1. The maximum Gasteiger partial charge on any atom is 0.253 e. The molecule has 5 rings (SSSR count). The molecule has 2 bridgehead atoms. The van der Waals surface area contributed by atoms with E-state index in [1.54, 1.807) is 16.8 Å². The fraction of sp³-hybridized carbons (Fsp3) is 0.467. The van der Waals surface area contributed by atoms with Gasteiger partial charge in [0.05, 0.1) is 21.3 Å². The van der Waals surface area contributed by atoms with Gasteiger partial charge in [-0.3, -0.25) is 4.79 Å². The Balaban J connectivity index is 0.000000882. The molecule has 1 atom stereocenters. The van der Waals surface area contributed by atoms with Gasteiger partial charge in [0, 0.05) is 12.6 Å². The lowest BCUT2D eigenvalue weighted by Crippen LogP contribution is -2.57. The van der Waals surface area contributed by atoms with Gasteiger partial charge in [-0.05, 0) is 44.0 Å². The van der Waals surface area contributed by atoms with Gasteiger partial charge in [0.25, 0.3) is 5.91 Å². The molecular formula is C15H19Cl2N3OS. The Kier molecular flexibility index (Phi) is 5.66. The highest BCUT2D eigenvalue weighted by Gasteiger charge is 2.35. The number of rotatable bonds is 2. The Labute approximate surface area is 146 Å². The summed E-state index contributed by atoms with van der Waals surface area (Å²) in [5.74, 6) is 0.679. The number of para-hydroxylation sites is 1. The van der Waals surface area contributed by atoms with Crippen molar-refractivity contribution in [2.45, 2.75) is 18.9 Å². The Morgan fingerprint density at radius 2 is 2.05 bits per heavy atom. The van der Waals surface area contributed by atoms with Crippen LogP contribution in [0.3, 0.4) is 0 Å². The molecule has 0 spiro atoms. The van der Waals surface area contributed by atoms with E-state index in [-0.39, 0.29) is 30.7 Å². The summed E-state index contributed by atoms with van der Waals surface area (Å²) in [5.41, 5.74) is 3.34. The molecule has 7 heteroatoms. The van der Waals surface area contributed by atoms with Crippen molar-refractivity contribution >= 4 is 52.3 Å². The Bertz CT molecular complexity index is 655. The summed E-state index contributed by atoms with van der Waals surface area (Å²) in [5, 5.41) is 3.23. The lowest BCUT2D eigenvalue weighted by atomic mass is 9.84. The van der Waals surface area contributed by atoms with E-state index in [0.717, 1.165) is 16.8 Å². The van der Waals surface area contributed by atoms with Gasteiger partial charge in [-0.15, -0.1) is 36.2 Å². The minimum atomic E-state index is 0. The standard InChI is InChI=1S/C15H17N3OS.2ClH/c19-15(11-2-1-3-13-14(11)16-9-20-13)17-12-8-18-6-4-10(12)5-7-18;;/h1-3,9-10,12H,4-8H2,(H,17,19);2*1H/t12-;;/m0../s1. The number of hydrogen-bond acceptors (Lipinski definition) is 4. The van der Waals surface area contributed by atoms with Crippen LogP contribution in [0.5, 0.6) is 0 Å². The van der Waals surface area contributed by atoms with Gasteiger partial charge in [0.2, 0.25) is 0 Å². The van der Waals surface area contributed by atoms with Crippen molar-refractivity contribution in [1.29, 1.82) is 0 Å². The number of carbonyl (C=O) groups is 1. The molecule has 1 N–H and O–H groups in total. The van der Waals surface area contributed by atoms with Crippen LogP contribution in [0.2, 0.25) is 0 Å². The van der Waals surface area contributed by atoms with Crippen molar-refractivity contribution in [1.82, 2.24) is 15.2 Å². The number of nitrogens with zero attached hydrogens (tertiary/aromatic N) is 2. The molecule has 0 saturated carbocycles. The number of piperidine rings is 3. The van der Waals surface area contributed by atoms with Crippen molar-refractivity contribution in [3.05, 3.63) is 29.3 Å². The summed E-state index contributed by atoms with van der Waals surface area (Å²) < 4.78 is 1.08. The van der Waals surface area contributed by atoms with E-state index in [2.05, 4.69) is 15.2 Å². The van der Waals surface area contributed by atoms with Crippen LogP contribution in [-0.2, 0) is 0 Å². The molecular weight excluding hydrogens is 341 g/mol. The van der Waals surface area contributed by atoms with Crippen LogP contribution in [0.15, 0.2) is 23.7 Å². The maximum absolute atomic E-state index is 12.5. The number of benzene rings is 1. The van der Waals surface area contributed by atoms with Crippen molar-refractivity contribution in [3.8, 4) is 0 Å². The molecule has 0 aliphatic carbocycles. The molecule has 3 saturated heterocycles. The molecule has 3 aliphatic rings. The third-order valence-corrected chi connectivity index (χ3v) is 5.37. The average molecular weight is 360 g/mol. The topological polar surface area (TPSA) is 45.2 Å². The average Bonchev–Trinajstić information content (AvgIpc) is 2.96. The van der Waals surface area contributed by atoms with Crippen LogP contribution >= 0.6 is 36.2 Å². The van der Waals surface area contributed by atoms with Crippen LogP contribution in [0.25, 0.3) is 10.2 Å². The number of halogens is 2. The lowest BCUT2D eigenvalue weighted by Gasteiger charge is -2.44. The maximum atomic E-state index is 12.5. The second kappa shape index (κ2) is 7.13. The van der Waals surface area contributed by atoms with Crippen molar-refractivity contribution in [2.24, 2.45) is 5.92 Å².